The van der Waals surface area contributed by atoms with E-state index in [1.807, 2.05) is 27.7 Å². The minimum absolute atomic E-state index is 0.0389. The third-order valence-corrected chi connectivity index (χ3v) is 5.84. The molecule has 4 aromatic rings. The maximum absolute atomic E-state index is 13.9. The first-order valence-electron chi connectivity index (χ1n) is 12.5. The van der Waals surface area contributed by atoms with E-state index in [-0.39, 0.29) is 27.9 Å². The number of rotatable bonds is 8. The molecule has 10 heteroatoms. The smallest absolute Gasteiger partial charge is 0.453 e. The fourth-order valence-electron chi connectivity index (χ4n) is 3.81. The van der Waals surface area contributed by atoms with Gasteiger partial charge < -0.3 is 23.9 Å². The first-order valence-corrected chi connectivity index (χ1v) is 12.5. The van der Waals surface area contributed by atoms with Crippen LogP contribution >= 0.6 is 0 Å². The maximum Gasteiger partial charge on any atom is 0.453 e. The van der Waals surface area contributed by atoms with Crippen molar-refractivity contribution >= 4 is 22.6 Å². The number of carbonyl (C=O) groups excluding carboxylic acids is 1. The van der Waals surface area contributed by atoms with E-state index in [9.17, 15) is 22.8 Å². The van der Waals surface area contributed by atoms with E-state index in [0.29, 0.717) is 18.0 Å². The summed E-state index contributed by atoms with van der Waals surface area (Å²) in [4.78, 5) is 25.4. The minimum atomic E-state index is -5.01. The lowest BCUT2D eigenvalue weighted by Crippen LogP contribution is -2.20. The van der Waals surface area contributed by atoms with Gasteiger partial charge in [0.15, 0.2) is 6.61 Å². The molecule has 40 heavy (non-hydrogen) atoms. The van der Waals surface area contributed by atoms with Crippen LogP contribution in [0.2, 0.25) is 0 Å². The largest absolute Gasteiger partial charge is 0.494 e. The van der Waals surface area contributed by atoms with Crippen molar-refractivity contribution in [1.29, 1.82) is 0 Å². The average Bonchev–Trinajstić information content (AvgIpc) is 2.89. The van der Waals surface area contributed by atoms with Gasteiger partial charge in [0, 0.05) is 11.8 Å². The summed E-state index contributed by atoms with van der Waals surface area (Å²) in [5, 5.41) is 2.50. The number of hydrogen-bond acceptors (Lipinski definition) is 6. The summed E-state index contributed by atoms with van der Waals surface area (Å²) in [7, 11) is 0. The second-order valence-corrected chi connectivity index (χ2v) is 9.92. The molecular formula is C30H28F3NO6. The van der Waals surface area contributed by atoms with E-state index in [0.717, 1.165) is 11.6 Å². The second-order valence-electron chi connectivity index (χ2n) is 9.92. The highest BCUT2D eigenvalue weighted by Crippen LogP contribution is 2.39. The van der Waals surface area contributed by atoms with Crippen LogP contribution in [0, 0.1) is 0 Å². The fraction of sp³-hybridized carbons (Fsp3) is 0.267. The number of ether oxygens (including phenoxy) is 3. The first-order chi connectivity index (χ1) is 18.8. The minimum Gasteiger partial charge on any atom is -0.494 e. The van der Waals surface area contributed by atoms with Gasteiger partial charge in [-0.3, -0.25) is 9.59 Å². The van der Waals surface area contributed by atoms with Crippen LogP contribution in [0.25, 0.3) is 11.0 Å². The standard InChI is InChI=1S/C30H28F3NO6/c1-5-37-20-12-8-19(9-13-20)34-25(35)17-38-22-14-15-23-24(16-22)40-28(30(31,32)33)27(26(23)36)39-21-10-6-18(7-11-21)29(2,3)4/h6-16H,5,17H2,1-4H3,(H,34,35). The number of amides is 1. The number of anilines is 1. The highest BCUT2D eigenvalue weighted by Gasteiger charge is 2.40. The lowest BCUT2D eigenvalue weighted by Gasteiger charge is -2.19. The summed E-state index contributed by atoms with van der Waals surface area (Å²) >= 11 is 0. The van der Waals surface area contributed by atoms with Crippen molar-refractivity contribution in [2.24, 2.45) is 0 Å². The van der Waals surface area contributed by atoms with E-state index in [2.05, 4.69) is 5.32 Å². The van der Waals surface area contributed by atoms with Crippen molar-refractivity contribution in [3.63, 3.8) is 0 Å². The Bertz CT molecular complexity index is 1550. The monoisotopic (exact) mass is 555 g/mol. The average molecular weight is 556 g/mol. The molecule has 0 atom stereocenters. The molecule has 0 radical (unpaired) electrons. The molecule has 0 aliphatic rings. The van der Waals surface area contributed by atoms with Gasteiger partial charge in [-0.2, -0.15) is 13.2 Å². The zero-order valence-corrected chi connectivity index (χ0v) is 22.3. The number of fused-ring (bicyclic) bond motifs is 1. The Morgan fingerprint density at radius 2 is 1.50 bits per heavy atom. The van der Waals surface area contributed by atoms with E-state index < -0.39 is 35.6 Å². The third kappa shape index (κ3) is 6.74. The van der Waals surface area contributed by atoms with Gasteiger partial charge in [0.05, 0.1) is 12.0 Å². The van der Waals surface area contributed by atoms with Gasteiger partial charge in [0.25, 0.3) is 11.7 Å². The summed E-state index contributed by atoms with van der Waals surface area (Å²) in [5.74, 6) is -2.29. The Kier molecular flexibility index (Phi) is 8.08. The Morgan fingerprint density at radius 3 is 2.10 bits per heavy atom. The number of benzene rings is 3. The normalized spacial score (nSPS) is 11.8. The number of hydrogen-bond donors (Lipinski definition) is 1. The second kappa shape index (κ2) is 11.3. The SMILES string of the molecule is CCOc1ccc(NC(=O)COc2ccc3c(=O)c(Oc4ccc(C(C)(C)C)cc4)c(C(F)(F)F)oc3c2)cc1. The lowest BCUT2D eigenvalue weighted by molar-refractivity contribution is -0.154. The zero-order chi connectivity index (χ0) is 29.1. The van der Waals surface area contributed by atoms with E-state index in [1.54, 1.807) is 36.4 Å². The molecule has 0 bridgehead atoms. The summed E-state index contributed by atoms with van der Waals surface area (Å²) in [6.45, 7) is 7.92. The fourth-order valence-corrected chi connectivity index (χ4v) is 3.81. The van der Waals surface area contributed by atoms with E-state index >= 15 is 0 Å². The van der Waals surface area contributed by atoms with Crippen LogP contribution in [0.4, 0.5) is 18.9 Å². The van der Waals surface area contributed by atoms with Crippen molar-refractivity contribution in [2.75, 3.05) is 18.5 Å². The van der Waals surface area contributed by atoms with Crippen molar-refractivity contribution in [1.82, 2.24) is 0 Å². The van der Waals surface area contributed by atoms with Crippen molar-refractivity contribution in [3.8, 4) is 23.0 Å². The van der Waals surface area contributed by atoms with Crippen molar-refractivity contribution in [3.05, 3.63) is 88.3 Å². The van der Waals surface area contributed by atoms with Gasteiger partial charge in [-0.25, -0.2) is 0 Å². The van der Waals surface area contributed by atoms with Crippen LogP contribution in [-0.4, -0.2) is 19.1 Å². The van der Waals surface area contributed by atoms with Crippen LogP contribution in [-0.2, 0) is 16.4 Å². The number of alkyl halides is 3. The molecule has 0 unspecified atom stereocenters. The summed E-state index contributed by atoms with van der Waals surface area (Å²) in [6.07, 6.45) is -5.01. The Morgan fingerprint density at radius 1 is 0.875 bits per heavy atom. The topological polar surface area (TPSA) is 87.0 Å². The molecule has 0 saturated heterocycles. The zero-order valence-electron chi connectivity index (χ0n) is 22.3. The number of nitrogens with one attached hydrogen (secondary N) is 1. The Balaban J connectivity index is 1.54. The van der Waals surface area contributed by atoms with Crippen LogP contribution in [0.1, 0.15) is 39.0 Å². The Labute approximate surface area is 228 Å². The van der Waals surface area contributed by atoms with Gasteiger partial charge in [0.2, 0.25) is 11.2 Å². The molecule has 0 aliphatic heterocycles. The first kappa shape index (κ1) is 28.5. The van der Waals surface area contributed by atoms with Gasteiger partial charge >= 0.3 is 6.18 Å². The highest BCUT2D eigenvalue weighted by atomic mass is 19.4. The lowest BCUT2D eigenvalue weighted by atomic mass is 9.87. The van der Waals surface area contributed by atoms with Crippen LogP contribution in [0.3, 0.4) is 0 Å². The Hall–Kier alpha value is -4.47. The van der Waals surface area contributed by atoms with Gasteiger partial charge in [0.1, 0.15) is 22.8 Å². The molecule has 1 amide bonds. The summed E-state index contributed by atoms with van der Waals surface area (Å²) in [5.41, 5.74) is -0.0718. The molecule has 0 aliphatic carbocycles. The molecule has 1 heterocycles. The molecule has 0 fully saturated rings. The van der Waals surface area contributed by atoms with Crippen LogP contribution < -0.4 is 25.0 Å². The molecule has 7 nitrogen and oxygen atoms in total. The predicted molar refractivity (Wildman–Crippen MR) is 144 cm³/mol. The number of halogens is 3. The maximum atomic E-state index is 13.9. The predicted octanol–water partition coefficient (Wildman–Crippen LogP) is 7.32. The number of carbonyl (C=O) groups is 1. The van der Waals surface area contributed by atoms with Gasteiger partial charge in [-0.05, 0) is 66.4 Å². The molecule has 210 valence electrons. The summed E-state index contributed by atoms with van der Waals surface area (Å²) < 4.78 is 63.0. The molecular weight excluding hydrogens is 527 g/mol. The molecule has 0 spiro atoms. The quantitative estimate of drug-likeness (QED) is 0.245. The highest BCUT2D eigenvalue weighted by molar-refractivity contribution is 5.92. The van der Waals surface area contributed by atoms with Gasteiger partial charge in [-0.15, -0.1) is 0 Å². The van der Waals surface area contributed by atoms with Crippen LogP contribution in [0.5, 0.6) is 23.0 Å². The molecule has 4 rings (SSSR count). The van der Waals surface area contributed by atoms with E-state index in [1.165, 1.54) is 24.3 Å². The van der Waals surface area contributed by atoms with Gasteiger partial charge in [-0.1, -0.05) is 32.9 Å². The van der Waals surface area contributed by atoms with Crippen molar-refractivity contribution in [2.45, 2.75) is 39.3 Å². The third-order valence-electron chi connectivity index (χ3n) is 5.84. The van der Waals surface area contributed by atoms with Crippen LogP contribution in [0.15, 0.2) is 75.9 Å². The van der Waals surface area contributed by atoms with Crippen molar-refractivity contribution < 1.29 is 36.6 Å². The molecule has 1 aromatic heterocycles. The van der Waals surface area contributed by atoms with E-state index in [4.69, 9.17) is 18.6 Å². The molecule has 1 N–H and O–H groups in total. The summed E-state index contributed by atoms with van der Waals surface area (Å²) in [6, 6.07) is 16.9. The molecule has 3 aromatic carbocycles. The molecule has 0 saturated carbocycles.